The number of halogens is 1. The zero-order valence-electron chi connectivity index (χ0n) is 14.3. The molecule has 0 bridgehead atoms. The molecular weight excluding hydrogens is 336 g/mol. The Hall–Kier alpha value is -2.34. The summed E-state index contributed by atoms with van der Waals surface area (Å²) < 4.78 is 0. The van der Waals surface area contributed by atoms with Crippen LogP contribution in [-0.4, -0.2) is 28.7 Å². The zero-order chi connectivity index (χ0) is 17.8. The maximum atomic E-state index is 10.1. The molecule has 0 unspecified atom stereocenters. The number of aromatic nitrogens is 1. The Morgan fingerprint density at radius 3 is 2.76 bits per heavy atom. The molecule has 0 saturated carbocycles. The molecule has 5 nitrogen and oxygen atoms in total. The second-order valence-electron chi connectivity index (χ2n) is 5.73. The minimum Gasteiger partial charge on any atom is -0.508 e. The van der Waals surface area contributed by atoms with Crippen molar-refractivity contribution in [3.8, 4) is 5.75 Å². The Morgan fingerprint density at radius 1 is 1.16 bits per heavy atom. The van der Waals surface area contributed by atoms with Crippen LogP contribution in [0.15, 0.2) is 48.7 Å². The summed E-state index contributed by atoms with van der Waals surface area (Å²) in [5.74, 6) is 0.283. The maximum absolute atomic E-state index is 10.1. The molecule has 0 aliphatic heterocycles. The topological polar surface area (TPSA) is 60.4 Å². The molecule has 0 fully saturated rings. The van der Waals surface area contributed by atoms with Crippen LogP contribution in [-0.2, 0) is 6.54 Å². The first-order valence-electron chi connectivity index (χ1n) is 8.16. The van der Waals surface area contributed by atoms with Crippen LogP contribution in [0.2, 0.25) is 5.02 Å². The number of nitrogens with zero attached hydrogens (tertiary/aromatic N) is 2. The number of phenolic OH excluding ortho intramolecular Hbond substituents is 1. The summed E-state index contributed by atoms with van der Waals surface area (Å²) in [4.78, 5) is 4.36. The highest BCUT2D eigenvalue weighted by Gasteiger charge is 2.09. The van der Waals surface area contributed by atoms with Crippen LogP contribution in [0.3, 0.4) is 0 Å². The minimum absolute atomic E-state index is 0.283. The first-order chi connectivity index (χ1) is 12.1. The van der Waals surface area contributed by atoms with Gasteiger partial charge >= 0.3 is 0 Å². The third-order valence-corrected chi connectivity index (χ3v) is 4.36. The molecule has 0 amide bonds. The average Bonchev–Trinajstić information content (AvgIpc) is 2.62. The average molecular weight is 357 g/mol. The van der Waals surface area contributed by atoms with Gasteiger partial charge in [-0.3, -0.25) is 10.4 Å². The van der Waals surface area contributed by atoms with Gasteiger partial charge in [0.25, 0.3) is 0 Å². The lowest BCUT2D eigenvalue weighted by molar-refractivity contribution is 0.208. The normalized spacial score (nSPS) is 11.2. The number of benzene rings is 2. The molecule has 3 rings (SSSR count). The van der Waals surface area contributed by atoms with Crippen LogP contribution in [0.5, 0.6) is 5.75 Å². The van der Waals surface area contributed by atoms with Crippen molar-refractivity contribution in [2.45, 2.75) is 13.5 Å². The van der Waals surface area contributed by atoms with Crippen LogP contribution in [0, 0.1) is 0 Å². The summed E-state index contributed by atoms with van der Waals surface area (Å²) in [5.41, 5.74) is 6.64. The van der Waals surface area contributed by atoms with Gasteiger partial charge in [0.05, 0.1) is 5.52 Å². The van der Waals surface area contributed by atoms with Crippen molar-refractivity contribution >= 4 is 33.9 Å². The largest absolute Gasteiger partial charge is 0.508 e. The SMILES string of the molecule is CCN(Cc1cc(Nc2ccnc3cc(Cl)ccc23)ccc1O)NC. The first kappa shape index (κ1) is 17.5. The van der Waals surface area contributed by atoms with Crippen LogP contribution < -0.4 is 10.7 Å². The maximum Gasteiger partial charge on any atom is 0.120 e. The Kier molecular flexibility index (Phi) is 5.38. The molecule has 25 heavy (non-hydrogen) atoms. The highest BCUT2D eigenvalue weighted by Crippen LogP contribution is 2.29. The quantitative estimate of drug-likeness (QED) is 0.454. The molecule has 0 atom stereocenters. The number of phenols is 1. The number of fused-ring (bicyclic) bond motifs is 1. The molecule has 6 heteroatoms. The Balaban J connectivity index is 1.91. The lowest BCUT2D eigenvalue weighted by atomic mass is 10.1. The van der Waals surface area contributed by atoms with Crippen molar-refractivity contribution < 1.29 is 5.11 Å². The van der Waals surface area contributed by atoms with Crippen molar-refractivity contribution in [1.82, 2.24) is 15.4 Å². The van der Waals surface area contributed by atoms with E-state index in [1.54, 1.807) is 12.3 Å². The number of anilines is 2. The van der Waals surface area contributed by atoms with Gasteiger partial charge < -0.3 is 10.4 Å². The van der Waals surface area contributed by atoms with E-state index in [0.29, 0.717) is 11.6 Å². The van der Waals surface area contributed by atoms with Gasteiger partial charge in [-0.15, -0.1) is 0 Å². The summed E-state index contributed by atoms with van der Waals surface area (Å²) in [5, 5.41) is 17.2. The predicted octanol–water partition coefficient (Wildman–Crippen LogP) is 4.29. The highest BCUT2D eigenvalue weighted by molar-refractivity contribution is 6.31. The summed E-state index contributed by atoms with van der Waals surface area (Å²) >= 11 is 6.05. The third-order valence-electron chi connectivity index (χ3n) is 4.12. The van der Waals surface area contributed by atoms with Gasteiger partial charge in [0.15, 0.2) is 0 Å². The van der Waals surface area contributed by atoms with Gasteiger partial charge in [-0.2, -0.15) is 0 Å². The molecule has 0 aliphatic rings. The molecule has 0 radical (unpaired) electrons. The van der Waals surface area contributed by atoms with Gasteiger partial charge in [-0.1, -0.05) is 18.5 Å². The van der Waals surface area contributed by atoms with E-state index in [0.717, 1.165) is 34.4 Å². The smallest absolute Gasteiger partial charge is 0.120 e. The second kappa shape index (κ2) is 7.70. The van der Waals surface area contributed by atoms with Crippen LogP contribution >= 0.6 is 11.6 Å². The minimum atomic E-state index is 0.283. The fourth-order valence-corrected chi connectivity index (χ4v) is 2.90. The number of nitrogens with one attached hydrogen (secondary N) is 2. The lowest BCUT2D eigenvalue weighted by Gasteiger charge is -2.20. The molecule has 130 valence electrons. The van der Waals surface area contributed by atoms with Crippen LogP contribution in [0.4, 0.5) is 11.4 Å². The number of rotatable bonds is 6. The van der Waals surface area contributed by atoms with E-state index in [1.807, 2.05) is 48.5 Å². The molecule has 2 aromatic carbocycles. The van der Waals surface area contributed by atoms with E-state index in [4.69, 9.17) is 11.6 Å². The molecule has 1 heterocycles. The van der Waals surface area contributed by atoms with E-state index in [2.05, 4.69) is 22.7 Å². The monoisotopic (exact) mass is 356 g/mol. The zero-order valence-corrected chi connectivity index (χ0v) is 15.0. The Bertz CT molecular complexity index is 880. The Morgan fingerprint density at radius 2 is 2.00 bits per heavy atom. The fourth-order valence-electron chi connectivity index (χ4n) is 2.73. The molecule has 0 spiro atoms. The number of aromatic hydroxyl groups is 1. The van der Waals surface area contributed by atoms with Crippen molar-refractivity contribution in [2.24, 2.45) is 0 Å². The molecule has 1 aromatic heterocycles. The highest BCUT2D eigenvalue weighted by atomic mass is 35.5. The van der Waals surface area contributed by atoms with E-state index in [-0.39, 0.29) is 5.75 Å². The number of pyridine rings is 1. The van der Waals surface area contributed by atoms with Crippen LogP contribution in [0.1, 0.15) is 12.5 Å². The van der Waals surface area contributed by atoms with Gasteiger partial charge in [-0.05, 0) is 49.5 Å². The summed E-state index contributed by atoms with van der Waals surface area (Å²) in [6, 6.07) is 13.1. The molecule has 3 N–H and O–H groups in total. The third kappa shape index (κ3) is 4.02. The number of hydrazine groups is 1. The number of hydrogen-bond donors (Lipinski definition) is 3. The van der Waals surface area contributed by atoms with E-state index < -0.39 is 0 Å². The van der Waals surface area contributed by atoms with E-state index in [1.165, 1.54) is 0 Å². The molecule has 0 aliphatic carbocycles. The lowest BCUT2D eigenvalue weighted by Crippen LogP contribution is -2.34. The Labute approximate surface area is 152 Å². The van der Waals surface area contributed by atoms with Crippen molar-refractivity contribution in [1.29, 1.82) is 0 Å². The number of hydrogen-bond acceptors (Lipinski definition) is 5. The predicted molar refractivity (Wildman–Crippen MR) is 103 cm³/mol. The van der Waals surface area contributed by atoms with Crippen molar-refractivity contribution in [3.05, 3.63) is 59.2 Å². The molecular formula is C19H21ClN4O. The standard InChI is InChI=1S/C19H21ClN4O/c1-3-24(21-2)12-13-10-15(5-7-19(13)25)23-17-8-9-22-18-11-14(20)4-6-16(17)18/h4-11,21,25H,3,12H2,1-2H3,(H,22,23). The molecule has 3 aromatic rings. The van der Waals surface area contributed by atoms with Gasteiger partial charge in [-0.25, -0.2) is 5.01 Å². The fraction of sp³-hybridized carbons (Fsp3) is 0.211. The van der Waals surface area contributed by atoms with Crippen LogP contribution in [0.25, 0.3) is 10.9 Å². The van der Waals surface area contributed by atoms with Gasteiger partial charge in [0.2, 0.25) is 0 Å². The van der Waals surface area contributed by atoms with Gasteiger partial charge in [0.1, 0.15) is 5.75 Å². The second-order valence-corrected chi connectivity index (χ2v) is 6.16. The van der Waals surface area contributed by atoms with E-state index >= 15 is 0 Å². The summed E-state index contributed by atoms with van der Waals surface area (Å²) in [6.45, 7) is 3.51. The van der Waals surface area contributed by atoms with E-state index in [9.17, 15) is 5.11 Å². The van der Waals surface area contributed by atoms with Crippen molar-refractivity contribution in [3.63, 3.8) is 0 Å². The first-order valence-corrected chi connectivity index (χ1v) is 8.54. The van der Waals surface area contributed by atoms with Crippen molar-refractivity contribution in [2.75, 3.05) is 18.9 Å². The molecule has 0 saturated heterocycles. The summed E-state index contributed by atoms with van der Waals surface area (Å²) in [6.07, 6.45) is 1.75. The summed E-state index contributed by atoms with van der Waals surface area (Å²) in [7, 11) is 1.87. The van der Waals surface area contributed by atoms with Gasteiger partial charge in [0, 0.05) is 46.6 Å².